The van der Waals surface area contributed by atoms with Crippen molar-refractivity contribution in [3.8, 4) is 0 Å². The minimum absolute atomic E-state index is 0.119. The van der Waals surface area contributed by atoms with Crippen molar-refractivity contribution in [2.45, 2.75) is 32.1 Å². The van der Waals surface area contributed by atoms with E-state index < -0.39 is 0 Å². The molecule has 0 bridgehead atoms. The van der Waals surface area contributed by atoms with Gasteiger partial charge < -0.3 is 10.6 Å². The van der Waals surface area contributed by atoms with Gasteiger partial charge in [0, 0.05) is 13.1 Å². The largest absolute Gasteiger partial charge is 0.356 e. The average Bonchev–Trinajstić information content (AvgIpc) is 2.40. The molecule has 2 N–H and O–H groups in total. The molecule has 1 heterocycles. The fourth-order valence-corrected chi connectivity index (χ4v) is 2.64. The van der Waals surface area contributed by atoms with Gasteiger partial charge in [0.25, 0.3) is 0 Å². The van der Waals surface area contributed by atoms with E-state index in [1.165, 1.54) is 24.0 Å². The second-order valence-electron chi connectivity index (χ2n) is 4.87. The van der Waals surface area contributed by atoms with Crippen molar-refractivity contribution in [2.24, 2.45) is 0 Å². The van der Waals surface area contributed by atoms with Gasteiger partial charge in [-0.15, -0.1) is 0 Å². The van der Waals surface area contributed by atoms with Crippen LogP contribution in [0.5, 0.6) is 0 Å². The zero-order valence-corrected chi connectivity index (χ0v) is 11.0. The van der Waals surface area contributed by atoms with Crippen LogP contribution >= 0.6 is 0 Å². The van der Waals surface area contributed by atoms with Crippen molar-refractivity contribution in [3.63, 3.8) is 0 Å². The van der Waals surface area contributed by atoms with Gasteiger partial charge in [0.1, 0.15) is 0 Å². The van der Waals surface area contributed by atoms with Crippen molar-refractivity contribution in [1.82, 2.24) is 10.6 Å². The Balaban J connectivity index is 2.11. The van der Waals surface area contributed by atoms with Crippen LogP contribution in [-0.4, -0.2) is 25.5 Å². The predicted octanol–water partition coefficient (Wildman–Crippen LogP) is 1.83. The quantitative estimate of drug-likeness (QED) is 0.851. The molecular weight excluding hydrogens is 224 g/mol. The van der Waals surface area contributed by atoms with E-state index in [1.54, 1.807) is 0 Å². The zero-order chi connectivity index (χ0) is 12.8. The first kappa shape index (κ1) is 13.1. The molecule has 1 fully saturated rings. The first-order chi connectivity index (χ1) is 8.81. The number of carbonyl (C=O) groups excluding carboxylic acids is 1. The summed E-state index contributed by atoms with van der Waals surface area (Å²) in [6.07, 6.45) is 2.94. The first-order valence-corrected chi connectivity index (χ1v) is 6.86. The maximum Gasteiger partial charge on any atom is 0.224 e. The van der Waals surface area contributed by atoms with E-state index in [4.69, 9.17) is 0 Å². The summed E-state index contributed by atoms with van der Waals surface area (Å²) < 4.78 is 0. The Hall–Kier alpha value is -1.35. The average molecular weight is 246 g/mol. The number of benzene rings is 1. The molecule has 1 atom stereocenters. The van der Waals surface area contributed by atoms with Crippen LogP contribution in [0.1, 0.15) is 36.8 Å². The zero-order valence-electron chi connectivity index (χ0n) is 11.0. The topological polar surface area (TPSA) is 41.1 Å². The number of piperidine rings is 1. The first-order valence-electron chi connectivity index (χ1n) is 6.86. The minimum atomic E-state index is 0.119. The Kier molecular flexibility index (Phi) is 4.76. The van der Waals surface area contributed by atoms with E-state index in [1.807, 2.05) is 13.0 Å². The van der Waals surface area contributed by atoms with E-state index in [0.29, 0.717) is 18.9 Å². The highest BCUT2D eigenvalue weighted by atomic mass is 16.1. The van der Waals surface area contributed by atoms with Gasteiger partial charge in [0.2, 0.25) is 5.91 Å². The van der Waals surface area contributed by atoms with Gasteiger partial charge in [-0.3, -0.25) is 4.79 Å². The van der Waals surface area contributed by atoms with Gasteiger partial charge in [0.05, 0.1) is 6.42 Å². The summed E-state index contributed by atoms with van der Waals surface area (Å²) >= 11 is 0. The Bertz CT molecular complexity index is 397. The highest BCUT2D eigenvalue weighted by Gasteiger charge is 2.18. The predicted molar refractivity (Wildman–Crippen MR) is 73.7 cm³/mol. The Labute approximate surface area is 109 Å². The third kappa shape index (κ3) is 3.33. The Morgan fingerprint density at radius 2 is 2.28 bits per heavy atom. The lowest BCUT2D eigenvalue weighted by Gasteiger charge is -2.25. The van der Waals surface area contributed by atoms with Crippen LogP contribution in [0.25, 0.3) is 0 Å². The van der Waals surface area contributed by atoms with E-state index in [2.05, 4.69) is 28.8 Å². The molecular formula is C15H22N2O. The lowest BCUT2D eigenvalue weighted by atomic mass is 9.87. The highest BCUT2D eigenvalue weighted by molar-refractivity contribution is 5.78. The lowest BCUT2D eigenvalue weighted by molar-refractivity contribution is -0.120. The standard InChI is InChI=1S/C15H22N2O/c1-2-17-15(18)10-12-6-3-4-8-14(12)13-7-5-9-16-11-13/h3-4,6,8,13,16H,2,5,7,9-11H2,1H3,(H,17,18). The number of hydrogen-bond acceptors (Lipinski definition) is 2. The minimum Gasteiger partial charge on any atom is -0.356 e. The van der Waals surface area contributed by atoms with Crippen LogP contribution in [0, 0.1) is 0 Å². The van der Waals surface area contributed by atoms with Crippen molar-refractivity contribution >= 4 is 5.91 Å². The highest BCUT2D eigenvalue weighted by Crippen LogP contribution is 2.26. The number of rotatable bonds is 4. The molecule has 3 nitrogen and oxygen atoms in total. The fourth-order valence-electron chi connectivity index (χ4n) is 2.64. The molecule has 0 aromatic heterocycles. The van der Waals surface area contributed by atoms with E-state index in [9.17, 15) is 4.79 Å². The molecule has 98 valence electrons. The summed E-state index contributed by atoms with van der Waals surface area (Å²) in [5, 5.41) is 6.31. The second-order valence-corrected chi connectivity index (χ2v) is 4.87. The van der Waals surface area contributed by atoms with Crippen LogP contribution in [-0.2, 0) is 11.2 Å². The van der Waals surface area contributed by atoms with Crippen LogP contribution in [0.4, 0.5) is 0 Å². The maximum absolute atomic E-state index is 11.7. The Morgan fingerprint density at radius 3 is 3.00 bits per heavy atom. The molecule has 1 amide bonds. The molecule has 1 unspecified atom stereocenters. The van der Waals surface area contributed by atoms with Crippen molar-refractivity contribution in [1.29, 1.82) is 0 Å². The van der Waals surface area contributed by atoms with Crippen molar-refractivity contribution in [3.05, 3.63) is 35.4 Å². The van der Waals surface area contributed by atoms with Crippen LogP contribution in [0.2, 0.25) is 0 Å². The van der Waals surface area contributed by atoms with Gasteiger partial charge >= 0.3 is 0 Å². The molecule has 0 aliphatic carbocycles. The molecule has 1 aromatic rings. The SMILES string of the molecule is CCNC(=O)Cc1ccccc1C1CCCNC1. The molecule has 0 radical (unpaired) electrons. The number of amides is 1. The third-order valence-corrected chi connectivity index (χ3v) is 3.52. The number of nitrogens with one attached hydrogen (secondary N) is 2. The molecule has 0 spiro atoms. The molecule has 2 rings (SSSR count). The molecule has 1 aromatic carbocycles. The third-order valence-electron chi connectivity index (χ3n) is 3.52. The fraction of sp³-hybridized carbons (Fsp3) is 0.533. The summed E-state index contributed by atoms with van der Waals surface area (Å²) in [5.74, 6) is 0.679. The smallest absolute Gasteiger partial charge is 0.224 e. The molecule has 18 heavy (non-hydrogen) atoms. The van der Waals surface area contributed by atoms with E-state index >= 15 is 0 Å². The molecule has 1 aliphatic rings. The summed E-state index contributed by atoms with van der Waals surface area (Å²) in [4.78, 5) is 11.7. The number of likely N-dealkylation sites (N-methyl/N-ethyl adjacent to an activating group) is 1. The maximum atomic E-state index is 11.7. The molecule has 3 heteroatoms. The van der Waals surface area contributed by atoms with Crippen molar-refractivity contribution in [2.75, 3.05) is 19.6 Å². The molecule has 1 saturated heterocycles. The van der Waals surface area contributed by atoms with Gasteiger partial charge in [-0.1, -0.05) is 24.3 Å². The van der Waals surface area contributed by atoms with Gasteiger partial charge in [-0.2, -0.15) is 0 Å². The lowest BCUT2D eigenvalue weighted by Crippen LogP contribution is -2.30. The van der Waals surface area contributed by atoms with Crippen LogP contribution in [0.15, 0.2) is 24.3 Å². The van der Waals surface area contributed by atoms with E-state index in [0.717, 1.165) is 13.1 Å². The summed E-state index contributed by atoms with van der Waals surface area (Å²) in [6.45, 7) is 4.81. The van der Waals surface area contributed by atoms with E-state index in [-0.39, 0.29) is 5.91 Å². The van der Waals surface area contributed by atoms with Crippen LogP contribution < -0.4 is 10.6 Å². The van der Waals surface area contributed by atoms with Gasteiger partial charge in [-0.05, 0) is 43.4 Å². The normalized spacial score (nSPS) is 19.5. The van der Waals surface area contributed by atoms with Gasteiger partial charge in [0.15, 0.2) is 0 Å². The summed E-state index contributed by atoms with van der Waals surface area (Å²) in [6, 6.07) is 8.35. The number of carbonyl (C=O) groups is 1. The molecule has 1 aliphatic heterocycles. The van der Waals surface area contributed by atoms with Crippen molar-refractivity contribution < 1.29 is 4.79 Å². The summed E-state index contributed by atoms with van der Waals surface area (Å²) in [7, 11) is 0. The summed E-state index contributed by atoms with van der Waals surface area (Å²) in [5.41, 5.74) is 2.52. The van der Waals surface area contributed by atoms with Crippen LogP contribution in [0.3, 0.4) is 0 Å². The Morgan fingerprint density at radius 1 is 1.44 bits per heavy atom. The molecule has 0 saturated carbocycles. The second kappa shape index (κ2) is 6.55. The number of hydrogen-bond donors (Lipinski definition) is 2. The monoisotopic (exact) mass is 246 g/mol. The van der Waals surface area contributed by atoms with Gasteiger partial charge in [-0.25, -0.2) is 0 Å².